The van der Waals surface area contributed by atoms with E-state index >= 15 is 0 Å². The normalized spacial score (nSPS) is 12.0. The Balaban J connectivity index is 2.07. The standard InChI is InChI=1S/C15H17FN4O4/c1-2-3-11-14(20(23)24)13(19-18-11)15(22)17-8-12(21)9-4-6-10(16)7-5-9/h4-7,12,21H,2-3,8H2,1H3,(H,17,22)(H,18,19). The molecule has 1 aromatic heterocycles. The predicted molar refractivity (Wildman–Crippen MR) is 82.9 cm³/mol. The van der Waals surface area contributed by atoms with Gasteiger partial charge in [-0.25, -0.2) is 4.39 Å². The van der Waals surface area contributed by atoms with E-state index in [-0.39, 0.29) is 23.6 Å². The molecule has 1 atom stereocenters. The third kappa shape index (κ3) is 3.93. The molecule has 1 aromatic carbocycles. The number of carbonyl (C=O) groups excluding carboxylic acids is 1. The number of hydrogen-bond donors (Lipinski definition) is 3. The number of amides is 1. The van der Waals surface area contributed by atoms with Crippen LogP contribution in [-0.2, 0) is 6.42 Å². The number of rotatable bonds is 7. The van der Waals surface area contributed by atoms with Gasteiger partial charge in [-0.2, -0.15) is 5.10 Å². The first-order valence-corrected chi connectivity index (χ1v) is 7.37. The number of nitro groups is 1. The molecule has 1 heterocycles. The molecule has 128 valence electrons. The summed E-state index contributed by atoms with van der Waals surface area (Å²) in [5.74, 6) is -1.20. The van der Waals surface area contributed by atoms with E-state index in [1.807, 2.05) is 6.92 Å². The molecule has 1 amide bonds. The van der Waals surface area contributed by atoms with Crippen molar-refractivity contribution in [2.24, 2.45) is 0 Å². The van der Waals surface area contributed by atoms with Crippen LogP contribution in [0.1, 0.15) is 41.2 Å². The second-order valence-electron chi connectivity index (χ2n) is 5.18. The highest BCUT2D eigenvalue weighted by molar-refractivity contribution is 5.96. The molecule has 0 radical (unpaired) electrons. The van der Waals surface area contributed by atoms with E-state index in [1.165, 1.54) is 24.3 Å². The fourth-order valence-corrected chi connectivity index (χ4v) is 2.23. The molecule has 0 fully saturated rings. The second-order valence-corrected chi connectivity index (χ2v) is 5.18. The highest BCUT2D eigenvalue weighted by Crippen LogP contribution is 2.22. The maximum absolute atomic E-state index is 12.8. The molecule has 0 bridgehead atoms. The van der Waals surface area contributed by atoms with E-state index in [2.05, 4.69) is 15.5 Å². The van der Waals surface area contributed by atoms with Crippen LogP contribution in [0.3, 0.4) is 0 Å². The van der Waals surface area contributed by atoms with Gasteiger partial charge in [-0.15, -0.1) is 0 Å². The molecule has 2 rings (SSSR count). The second kappa shape index (κ2) is 7.64. The molecule has 0 aliphatic carbocycles. The molecule has 1 unspecified atom stereocenters. The molecule has 0 saturated heterocycles. The molecule has 9 heteroatoms. The Morgan fingerprint density at radius 2 is 2.12 bits per heavy atom. The number of carbonyl (C=O) groups is 1. The lowest BCUT2D eigenvalue weighted by Crippen LogP contribution is -2.29. The highest BCUT2D eigenvalue weighted by Gasteiger charge is 2.28. The molecular weight excluding hydrogens is 319 g/mol. The average molecular weight is 336 g/mol. The van der Waals surface area contributed by atoms with Gasteiger partial charge < -0.3 is 10.4 Å². The number of aromatic nitrogens is 2. The van der Waals surface area contributed by atoms with Gasteiger partial charge in [-0.05, 0) is 24.1 Å². The van der Waals surface area contributed by atoms with Crippen LogP contribution in [0.5, 0.6) is 0 Å². The zero-order valence-corrected chi connectivity index (χ0v) is 13.0. The molecule has 0 saturated carbocycles. The highest BCUT2D eigenvalue weighted by atomic mass is 19.1. The van der Waals surface area contributed by atoms with Gasteiger partial charge in [0.2, 0.25) is 5.69 Å². The fourth-order valence-electron chi connectivity index (χ4n) is 2.23. The van der Waals surface area contributed by atoms with Crippen LogP contribution >= 0.6 is 0 Å². The SMILES string of the molecule is CCCc1[nH]nc(C(=O)NCC(O)c2ccc(F)cc2)c1[N+](=O)[O-]. The minimum atomic E-state index is -1.07. The fraction of sp³-hybridized carbons (Fsp3) is 0.333. The van der Waals surface area contributed by atoms with Crippen molar-refractivity contribution in [1.29, 1.82) is 0 Å². The molecule has 3 N–H and O–H groups in total. The van der Waals surface area contributed by atoms with Gasteiger partial charge in [-0.3, -0.25) is 20.0 Å². The Morgan fingerprint density at radius 1 is 1.46 bits per heavy atom. The number of benzene rings is 1. The van der Waals surface area contributed by atoms with E-state index in [1.54, 1.807) is 0 Å². The van der Waals surface area contributed by atoms with Crippen LogP contribution in [0.2, 0.25) is 0 Å². The van der Waals surface area contributed by atoms with E-state index in [0.717, 1.165) is 0 Å². The van der Waals surface area contributed by atoms with E-state index in [9.17, 15) is 24.4 Å². The van der Waals surface area contributed by atoms with Crippen LogP contribution in [0.15, 0.2) is 24.3 Å². The lowest BCUT2D eigenvalue weighted by Gasteiger charge is -2.11. The zero-order chi connectivity index (χ0) is 17.7. The lowest BCUT2D eigenvalue weighted by atomic mass is 10.1. The molecule has 24 heavy (non-hydrogen) atoms. The van der Waals surface area contributed by atoms with Gasteiger partial charge in [0, 0.05) is 6.54 Å². The maximum Gasteiger partial charge on any atom is 0.322 e. The van der Waals surface area contributed by atoms with Gasteiger partial charge in [0.1, 0.15) is 11.5 Å². The van der Waals surface area contributed by atoms with Crippen LogP contribution in [0.4, 0.5) is 10.1 Å². The van der Waals surface area contributed by atoms with Crippen molar-refractivity contribution >= 4 is 11.6 Å². The van der Waals surface area contributed by atoms with Gasteiger partial charge in [-0.1, -0.05) is 25.5 Å². The van der Waals surface area contributed by atoms with Crippen molar-refractivity contribution in [2.45, 2.75) is 25.9 Å². The summed E-state index contributed by atoms with van der Waals surface area (Å²) in [6, 6.07) is 5.16. The molecular formula is C15H17FN4O4. The summed E-state index contributed by atoms with van der Waals surface area (Å²) in [5, 5.41) is 29.7. The number of aliphatic hydroxyl groups is 1. The first-order valence-electron chi connectivity index (χ1n) is 7.37. The molecule has 0 aliphatic rings. The molecule has 8 nitrogen and oxygen atoms in total. The van der Waals surface area contributed by atoms with Crippen molar-refractivity contribution < 1.29 is 19.2 Å². The van der Waals surface area contributed by atoms with Crippen molar-refractivity contribution in [3.8, 4) is 0 Å². The number of nitrogens with one attached hydrogen (secondary N) is 2. The van der Waals surface area contributed by atoms with Gasteiger partial charge in [0.05, 0.1) is 11.0 Å². The number of nitrogens with zero attached hydrogens (tertiary/aromatic N) is 2. The number of H-pyrrole nitrogens is 1. The van der Waals surface area contributed by atoms with Gasteiger partial charge in [0.15, 0.2) is 0 Å². The third-order valence-corrected chi connectivity index (χ3v) is 3.42. The lowest BCUT2D eigenvalue weighted by molar-refractivity contribution is -0.385. The maximum atomic E-state index is 12.8. The predicted octanol–water partition coefficient (Wildman–Crippen LogP) is 1.87. The van der Waals surface area contributed by atoms with Crippen LogP contribution in [0.25, 0.3) is 0 Å². The number of halogens is 1. The van der Waals surface area contributed by atoms with E-state index in [0.29, 0.717) is 18.4 Å². The number of hydrogen-bond acceptors (Lipinski definition) is 5. The number of aliphatic hydroxyl groups excluding tert-OH is 1. The Kier molecular flexibility index (Phi) is 5.59. The molecule has 0 spiro atoms. The van der Waals surface area contributed by atoms with Crippen molar-refractivity contribution in [1.82, 2.24) is 15.5 Å². The summed E-state index contributed by atoms with van der Waals surface area (Å²) >= 11 is 0. The Bertz CT molecular complexity index is 730. The quantitative estimate of drug-likeness (QED) is 0.526. The Labute approximate surface area is 136 Å². The Morgan fingerprint density at radius 3 is 2.71 bits per heavy atom. The van der Waals surface area contributed by atoms with E-state index < -0.39 is 22.8 Å². The largest absolute Gasteiger partial charge is 0.387 e. The monoisotopic (exact) mass is 336 g/mol. The summed E-state index contributed by atoms with van der Waals surface area (Å²) in [4.78, 5) is 22.6. The minimum absolute atomic E-state index is 0.183. The number of aryl methyl sites for hydroxylation is 1. The van der Waals surface area contributed by atoms with Crippen LogP contribution in [-0.4, -0.2) is 32.7 Å². The van der Waals surface area contributed by atoms with Crippen molar-refractivity contribution in [3.63, 3.8) is 0 Å². The molecule has 2 aromatic rings. The topological polar surface area (TPSA) is 121 Å². The first-order chi connectivity index (χ1) is 11.4. The summed E-state index contributed by atoms with van der Waals surface area (Å²) in [6.45, 7) is 1.67. The Hall–Kier alpha value is -2.81. The van der Waals surface area contributed by atoms with Crippen molar-refractivity contribution in [3.05, 3.63) is 57.1 Å². The van der Waals surface area contributed by atoms with Gasteiger partial charge >= 0.3 is 5.69 Å². The zero-order valence-electron chi connectivity index (χ0n) is 13.0. The van der Waals surface area contributed by atoms with Crippen molar-refractivity contribution in [2.75, 3.05) is 6.54 Å². The van der Waals surface area contributed by atoms with Crippen LogP contribution in [0, 0.1) is 15.9 Å². The average Bonchev–Trinajstić information content (AvgIpc) is 2.97. The van der Waals surface area contributed by atoms with E-state index in [4.69, 9.17) is 0 Å². The summed E-state index contributed by atoms with van der Waals surface area (Å²) in [7, 11) is 0. The smallest absolute Gasteiger partial charge is 0.322 e. The van der Waals surface area contributed by atoms with Gasteiger partial charge in [0.25, 0.3) is 5.91 Å². The summed E-state index contributed by atoms with van der Waals surface area (Å²) < 4.78 is 12.8. The number of aromatic amines is 1. The minimum Gasteiger partial charge on any atom is -0.387 e. The first kappa shape index (κ1) is 17.5. The van der Waals surface area contributed by atoms with Crippen LogP contribution < -0.4 is 5.32 Å². The summed E-state index contributed by atoms with van der Waals surface area (Å²) in [5.41, 5.74) is 0.0204. The molecule has 0 aliphatic heterocycles. The summed E-state index contributed by atoms with van der Waals surface area (Å²) in [6.07, 6.45) is -0.00927. The third-order valence-electron chi connectivity index (χ3n) is 3.42.